The van der Waals surface area contributed by atoms with Gasteiger partial charge in [-0.2, -0.15) is 10.0 Å². The minimum Gasteiger partial charge on any atom is -0.378 e. The number of benzene rings is 2. The number of rotatable bonds is 2. The minimum absolute atomic E-state index is 0.0886. The Morgan fingerprint density at radius 2 is 1.67 bits per heavy atom. The average molecular weight is 376 g/mol. The summed E-state index contributed by atoms with van der Waals surface area (Å²) in [5.41, 5.74) is 7.43. The number of carbonyl (C=O) groups excluding carboxylic acids is 1. The number of hydrogen-bond acceptors (Lipinski definition) is 2. The largest absolute Gasteiger partial charge is 0.378 e. The topological polar surface area (TPSA) is 20.3 Å². The summed E-state index contributed by atoms with van der Waals surface area (Å²) in [6, 6.07) is 15.3. The summed E-state index contributed by atoms with van der Waals surface area (Å²) in [7, 11) is 2.86. The van der Waals surface area contributed by atoms with E-state index in [2.05, 4.69) is 80.9 Å². The van der Waals surface area contributed by atoms with E-state index in [1.165, 1.54) is 43.3 Å². The zero-order valence-electron chi connectivity index (χ0n) is 16.5. The van der Waals surface area contributed by atoms with Crippen LogP contribution < -0.4 is 4.90 Å². The van der Waals surface area contributed by atoms with E-state index in [0.29, 0.717) is 0 Å². The van der Waals surface area contributed by atoms with Gasteiger partial charge >= 0.3 is 0 Å². The van der Waals surface area contributed by atoms with E-state index in [0.717, 1.165) is 0 Å². The molecule has 3 heteroatoms. The van der Waals surface area contributed by atoms with Crippen molar-refractivity contribution in [3.05, 3.63) is 87.9 Å². The van der Waals surface area contributed by atoms with Gasteiger partial charge in [0.25, 0.3) is 0 Å². The van der Waals surface area contributed by atoms with Gasteiger partial charge in [-0.1, -0.05) is 30.3 Å². The summed E-state index contributed by atoms with van der Waals surface area (Å²) in [6.07, 6.45) is 10.2. The van der Waals surface area contributed by atoms with E-state index < -0.39 is 10.0 Å². The third-order valence-corrected chi connectivity index (χ3v) is 8.36. The fraction of sp³-hybridized carbons (Fsp3) is 0.208. The molecular weight excluding hydrogens is 350 g/mol. The van der Waals surface area contributed by atoms with Crippen molar-refractivity contribution in [3.63, 3.8) is 0 Å². The van der Waals surface area contributed by atoms with Crippen LogP contribution in [0.15, 0.2) is 76.1 Å². The van der Waals surface area contributed by atoms with E-state index in [-0.39, 0.29) is 5.78 Å². The van der Waals surface area contributed by atoms with Gasteiger partial charge in [0.15, 0.2) is 5.78 Å². The fourth-order valence-electron chi connectivity index (χ4n) is 3.96. The Bertz CT molecular complexity index is 1050. The first-order chi connectivity index (χ1) is 12.8. The summed E-state index contributed by atoms with van der Waals surface area (Å²) in [6.45, 7) is 2.16. The normalized spacial score (nSPS) is 18.6. The quantitative estimate of drug-likeness (QED) is 0.708. The van der Waals surface area contributed by atoms with Crippen LogP contribution in [-0.2, 0) is 4.79 Å². The third kappa shape index (κ3) is 2.78. The van der Waals surface area contributed by atoms with Crippen molar-refractivity contribution in [1.29, 1.82) is 0 Å². The van der Waals surface area contributed by atoms with Gasteiger partial charge in [0.2, 0.25) is 0 Å². The molecule has 0 saturated heterocycles. The SMILES string of the molecule is Cc1ccccc1C1=C2C=CC(=O)C=C2S(C)(C)c2cc(N(C)C)ccc21. The van der Waals surface area contributed by atoms with Crippen LogP contribution in [0.1, 0.15) is 16.7 Å². The van der Waals surface area contributed by atoms with Crippen molar-refractivity contribution >= 4 is 27.1 Å². The predicted molar refractivity (Wildman–Crippen MR) is 118 cm³/mol. The van der Waals surface area contributed by atoms with Gasteiger partial charge in [-0.3, -0.25) is 4.79 Å². The molecule has 1 heterocycles. The smallest absolute Gasteiger partial charge is 0.179 e. The first kappa shape index (κ1) is 17.9. The van der Waals surface area contributed by atoms with E-state index in [9.17, 15) is 4.79 Å². The zero-order valence-corrected chi connectivity index (χ0v) is 17.4. The first-order valence-electron chi connectivity index (χ1n) is 9.10. The lowest BCUT2D eigenvalue weighted by Crippen LogP contribution is -2.17. The highest BCUT2D eigenvalue weighted by Crippen LogP contribution is 2.66. The van der Waals surface area contributed by atoms with Crippen molar-refractivity contribution in [2.24, 2.45) is 0 Å². The Hall–Kier alpha value is -2.52. The van der Waals surface area contributed by atoms with E-state index in [1.54, 1.807) is 6.08 Å². The van der Waals surface area contributed by atoms with Gasteiger partial charge in [-0.15, -0.1) is 0 Å². The van der Waals surface area contributed by atoms with Gasteiger partial charge in [0, 0.05) is 29.6 Å². The molecule has 0 unspecified atom stereocenters. The molecule has 4 rings (SSSR count). The summed E-state index contributed by atoms with van der Waals surface area (Å²) < 4.78 is 0. The Balaban J connectivity index is 2.11. The number of aryl methyl sites for hydroxylation is 1. The van der Waals surface area contributed by atoms with E-state index in [4.69, 9.17) is 0 Å². The number of anilines is 1. The van der Waals surface area contributed by atoms with Gasteiger partial charge in [0.05, 0.1) is 0 Å². The second-order valence-electron chi connectivity index (χ2n) is 7.75. The predicted octanol–water partition coefficient (Wildman–Crippen LogP) is 5.32. The molecule has 27 heavy (non-hydrogen) atoms. The highest BCUT2D eigenvalue weighted by molar-refractivity contribution is 8.36. The van der Waals surface area contributed by atoms with Crippen LogP contribution in [0.5, 0.6) is 0 Å². The second-order valence-corrected chi connectivity index (χ2v) is 11.3. The maximum absolute atomic E-state index is 12.2. The van der Waals surface area contributed by atoms with Gasteiger partial charge in [-0.05, 0) is 77.6 Å². The van der Waals surface area contributed by atoms with Crippen molar-refractivity contribution in [1.82, 2.24) is 0 Å². The molecule has 0 atom stereocenters. The molecule has 0 saturated carbocycles. The molecule has 2 aliphatic rings. The summed E-state index contributed by atoms with van der Waals surface area (Å²) in [5, 5.41) is 0. The van der Waals surface area contributed by atoms with Crippen molar-refractivity contribution < 1.29 is 4.79 Å². The van der Waals surface area contributed by atoms with Crippen LogP contribution in [-0.4, -0.2) is 32.4 Å². The number of fused-ring (bicyclic) bond motifs is 2. The summed E-state index contributed by atoms with van der Waals surface area (Å²) >= 11 is 0. The molecule has 1 aliphatic heterocycles. The van der Waals surface area contributed by atoms with Gasteiger partial charge in [0.1, 0.15) is 0 Å². The minimum atomic E-state index is -1.28. The second kappa shape index (κ2) is 6.28. The Morgan fingerprint density at radius 3 is 2.37 bits per heavy atom. The Kier molecular flexibility index (Phi) is 4.15. The molecule has 2 aromatic carbocycles. The molecule has 0 aromatic heterocycles. The lowest BCUT2D eigenvalue weighted by atomic mass is 9.88. The Labute approximate surface area is 163 Å². The average Bonchev–Trinajstić information content (AvgIpc) is 2.63. The third-order valence-electron chi connectivity index (χ3n) is 5.49. The number of ketones is 1. The van der Waals surface area contributed by atoms with Crippen LogP contribution in [0.25, 0.3) is 5.57 Å². The first-order valence-corrected chi connectivity index (χ1v) is 11.5. The van der Waals surface area contributed by atoms with Crippen LogP contribution in [0.2, 0.25) is 0 Å². The number of nitrogens with zero attached hydrogens (tertiary/aromatic N) is 1. The Morgan fingerprint density at radius 1 is 0.926 bits per heavy atom. The van der Waals surface area contributed by atoms with E-state index >= 15 is 0 Å². The van der Waals surface area contributed by atoms with Crippen molar-refractivity contribution in [2.75, 3.05) is 31.5 Å². The molecule has 138 valence electrons. The van der Waals surface area contributed by atoms with Gasteiger partial charge in [-0.25, -0.2) is 0 Å². The molecule has 1 aliphatic carbocycles. The molecule has 0 bridgehead atoms. The molecule has 0 N–H and O–H groups in total. The fourth-order valence-corrected chi connectivity index (χ4v) is 6.46. The van der Waals surface area contributed by atoms with Crippen LogP contribution in [0.3, 0.4) is 0 Å². The lowest BCUT2D eigenvalue weighted by Gasteiger charge is -2.43. The molecule has 2 nitrogen and oxygen atoms in total. The molecule has 0 amide bonds. The standard InChI is InChI=1S/C24H25NOS/c1-16-8-6-7-9-19(16)24-20-12-10-17(25(2)3)14-22(20)27(4,5)23-15-18(26)11-13-21(23)24/h6-15H,1-5H3. The maximum Gasteiger partial charge on any atom is 0.179 e. The molecule has 0 fully saturated rings. The lowest BCUT2D eigenvalue weighted by molar-refractivity contribution is -0.110. The van der Waals surface area contributed by atoms with Crippen LogP contribution >= 0.6 is 10.0 Å². The van der Waals surface area contributed by atoms with Crippen LogP contribution in [0, 0.1) is 6.92 Å². The van der Waals surface area contributed by atoms with Gasteiger partial charge < -0.3 is 4.90 Å². The highest BCUT2D eigenvalue weighted by Gasteiger charge is 2.35. The number of hydrogen-bond donors (Lipinski definition) is 0. The monoisotopic (exact) mass is 375 g/mol. The van der Waals surface area contributed by atoms with Crippen molar-refractivity contribution in [3.8, 4) is 0 Å². The highest BCUT2D eigenvalue weighted by atomic mass is 32.3. The van der Waals surface area contributed by atoms with Crippen LogP contribution in [0.4, 0.5) is 5.69 Å². The zero-order chi connectivity index (χ0) is 19.3. The van der Waals surface area contributed by atoms with E-state index in [1.807, 2.05) is 12.2 Å². The molecule has 0 radical (unpaired) electrons. The maximum atomic E-state index is 12.2. The molecule has 0 spiro atoms. The summed E-state index contributed by atoms with van der Waals surface area (Å²) in [5.74, 6) is 0.0886. The summed E-state index contributed by atoms with van der Waals surface area (Å²) in [4.78, 5) is 16.9. The molecule has 2 aromatic rings. The number of carbonyl (C=O) groups is 1. The molecular formula is C24H25NOS. The van der Waals surface area contributed by atoms with Crippen molar-refractivity contribution in [2.45, 2.75) is 11.8 Å². The number of allylic oxidation sites excluding steroid dienone is 4.